The largest absolute Gasteiger partial charge is 0.323 e. The second kappa shape index (κ2) is 7.87. The van der Waals surface area contributed by atoms with Crippen LogP contribution in [0.25, 0.3) is 0 Å². The lowest BCUT2D eigenvalue weighted by atomic mass is 9.97. The molecule has 0 fully saturated rings. The van der Waals surface area contributed by atoms with Gasteiger partial charge in [-0.15, -0.1) is 0 Å². The number of amides is 1. The Labute approximate surface area is 161 Å². The Morgan fingerprint density at radius 1 is 1.31 bits per heavy atom. The van der Waals surface area contributed by atoms with Gasteiger partial charge in [0.05, 0.1) is 11.4 Å². The lowest BCUT2D eigenvalue weighted by Gasteiger charge is -2.35. The van der Waals surface area contributed by atoms with Crippen LogP contribution in [-0.4, -0.2) is 27.3 Å². The number of nitrogens with zero attached hydrogens (tertiary/aromatic N) is 3. The third-order valence-electron chi connectivity index (χ3n) is 5.09. The maximum absolute atomic E-state index is 13.0. The van der Waals surface area contributed by atoms with Crippen molar-refractivity contribution in [1.82, 2.24) is 9.55 Å². The van der Waals surface area contributed by atoms with Crippen molar-refractivity contribution >= 4 is 23.4 Å². The van der Waals surface area contributed by atoms with E-state index < -0.39 is 0 Å². The molecule has 0 radical (unpaired) electrons. The minimum atomic E-state index is 0.170. The van der Waals surface area contributed by atoms with Crippen LogP contribution in [0.3, 0.4) is 0 Å². The maximum Gasteiger partial charge on any atom is 0.237 e. The fraction of sp³-hybridized carbons (Fsp3) is 0.524. The molecule has 1 unspecified atom stereocenters. The number of hydrogen-bond donors (Lipinski definition) is 0. The van der Waals surface area contributed by atoms with Crippen LogP contribution in [0.1, 0.15) is 44.1 Å². The molecule has 4 nitrogen and oxygen atoms in total. The lowest BCUT2D eigenvalue weighted by molar-refractivity contribution is -0.116. The summed E-state index contributed by atoms with van der Waals surface area (Å²) >= 11 is 1.56. The number of benzene rings is 1. The zero-order valence-electron chi connectivity index (χ0n) is 16.5. The minimum absolute atomic E-state index is 0.170. The molecule has 0 aliphatic carbocycles. The molecule has 1 aliphatic heterocycles. The number of thioether (sulfide) groups is 1. The van der Waals surface area contributed by atoms with Crippen molar-refractivity contribution in [2.75, 3.05) is 10.7 Å². The lowest BCUT2D eigenvalue weighted by Crippen LogP contribution is -2.43. The molecule has 0 N–H and O–H groups in total. The molecule has 1 atom stereocenters. The highest BCUT2D eigenvalue weighted by Gasteiger charge is 2.28. The average molecular weight is 372 g/mol. The number of fused-ring (bicyclic) bond motifs is 1. The van der Waals surface area contributed by atoms with Gasteiger partial charge in [-0.2, -0.15) is 0 Å². The fourth-order valence-electron chi connectivity index (χ4n) is 3.58. The Kier molecular flexibility index (Phi) is 5.76. The fourth-order valence-corrected chi connectivity index (χ4v) is 4.54. The molecule has 0 saturated carbocycles. The van der Waals surface area contributed by atoms with Gasteiger partial charge >= 0.3 is 0 Å². The van der Waals surface area contributed by atoms with Gasteiger partial charge in [-0.25, -0.2) is 4.98 Å². The van der Waals surface area contributed by atoms with Crippen molar-refractivity contribution in [1.29, 1.82) is 0 Å². The molecule has 1 amide bonds. The summed E-state index contributed by atoms with van der Waals surface area (Å²) in [6, 6.07) is 8.53. The summed E-state index contributed by atoms with van der Waals surface area (Å²) in [6.45, 7) is 11.7. The Hall–Kier alpha value is -1.75. The summed E-state index contributed by atoms with van der Waals surface area (Å²) in [5.74, 6) is 1.14. The van der Waals surface area contributed by atoms with E-state index in [1.165, 1.54) is 11.3 Å². The molecular formula is C21H29N3OS. The Morgan fingerprint density at radius 3 is 2.77 bits per heavy atom. The summed E-state index contributed by atoms with van der Waals surface area (Å²) in [5.41, 5.74) is 4.61. The van der Waals surface area contributed by atoms with Gasteiger partial charge in [-0.3, -0.25) is 4.79 Å². The van der Waals surface area contributed by atoms with E-state index in [1.807, 2.05) is 17.9 Å². The van der Waals surface area contributed by atoms with E-state index in [0.717, 1.165) is 35.9 Å². The molecule has 140 valence electrons. The Bertz CT molecular complexity index is 797. The molecule has 2 aromatic rings. The number of imidazole rings is 1. The first kappa shape index (κ1) is 19.0. The van der Waals surface area contributed by atoms with E-state index in [1.54, 1.807) is 11.8 Å². The normalized spacial score (nSPS) is 16.8. The van der Waals surface area contributed by atoms with Gasteiger partial charge in [0, 0.05) is 24.0 Å². The predicted molar refractivity (Wildman–Crippen MR) is 109 cm³/mol. The van der Waals surface area contributed by atoms with Gasteiger partial charge in [-0.1, -0.05) is 43.8 Å². The van der Waals surface area contributed by atoms with Crippen molar-refractivity contribution in [3.63, 3.8) is 0 Å². The number of carbonyl (C=O) groups is 1. The van der Waals surface area contributed by atoms with Crippen LogP contribution in [0, 0.1) is 19.8 Å². The number of carbonyl (C=O) groups excluding carboxylic acids is 1. The summed E-state index contributed by atoms with van der Waals surface area (Å²) in [5, 5.41) is 0.958. The standard InChI is InChI=1S/C21H29N3OS/c1-14(2)12-23-17(5)16(4)22-21(23)26-13-20(25)24-15(3)10-11-18-8-6-7-9-19(18)24/h6-9,14-15H,10-13H2,1-5H3. The Balaban J connectivity index is 1.77. The van der Waals surface area contributed by atoms with Crippen LogP contribution >= 0.6 is 11.8 Å². The SMILES string of the molecule is Cc1nc(SCC(=O)N2c3ccccc3CCC2C)n(CC(C)C)c1C. The van der Waals surface area contributed by atoms with E-state index in [0.29, 0.717) is 11.7 Å². The van der Waals surface area contributed by atoms with Crippen molar-refractivity contribution < 1.29 is 4.79 Å². The van der Waals surface area contributed by atoms with E-state index in [4.69, 9.17) is 4.98 Å². The average Bonchev–Trinajstić information content (AvgIpc) is 2.87. The van der Waals surface area contributed by atoms with Gasteiger partial charge in [0.1, 0.15) is 0 Å². The third-order valence-corrected chi connectivity index (χ3v) is 6.05. The molecule has 1 aromatic heterocycles. The van der Waals surface area contributed by atoms with E-state index in [-0.39, 0.29) is 11.9 Å². The number of para-hydroxylation sites is 1. The van der Waals surface area contributed by atoms with E-state index >= 15 is 0 Å². The molecule has 1 aliphatic rings. The van der Waals surface area contributed by atoms with Crippen LogP contribution in [0.5, 0.6) is 0 Å². The minimum Gasteiger partial charge on any atom is -0.323 e. The third kappa shape index (κ3) is 3.83. The predicted octanol–water partition coefficient (Wildman–Crippen LogP) is 4.62. The summed E-state index contributed by atoms with van der Waals surface area (Å²) in [7, 11) is 0. The second-order valence-corrected chi connectivity index (χ2v) is 8.58. The van der Waals surface area contributed by atoms with E-state index in [9.17, 15) is 4.79 Å². The number of hydrogen-bond acceptors (Lipinski definition) is 3. The smallest absolute Gasteiger partial charge is 0.237 e. The number of rotatable bonds is 5. The molecule has 1 aromatic carbocycles. The molecule has 0 spiro atoms. The summed E-state index contributed by atoms with van der Waals surface area (Å²) < 4.78 is 2.26. The van der Waals surface area contributed by atoms with Crippen LogP contribution < -0.4 is 4.90 Å². The molecule has 0 bridgehead atoms. The number of aryl methyl sites for hydroxylation is 2. The highest BCUT2D eigenvalue weighted by Crippen LogP contribution is 2.32. The van der Waals surface area contributed by atoms with Crippen LogP contribution in [0.2, 0.25) is 0 Å². The summed E-state index contributed by atoms with van der Waals surface area (Å²) in [6.07, 6.45) is 2.07. The van der Waals surface area contributed by atoms with Gasteiger partial charge in [-0.05, 0) is 51.2 Å². The van der Waals surface area contributed by atoms with Crippen LogP contribution in [0.4, 0.5) is 5.69 Å². The molecule has 5 heteroatoms. The first-order valence-electron chi connectivity index (χ1n) is 9.45. The highest BCUT2D eigenvalue weighted by molar-refractivity contribution is 7.99. The topological polar surface area (TPSA) is 38.1 Å². The first-order valence-corrected chi connectivity index (χ1v) is 10.4. The van der Waals surface area contributed by atoms with Gasteiger partial charge in [0.25, 0.3) is 0 Å². The van der Waals surface area contributed by atoms with Crippen molar-refractivity contribution in [2.45, 2.75) is 65.2 Å². The summed E-state index contributed by atoms with van der Waals surface area (Å²) in [4.78, 5) is 19.7. The molecule has 0 saturated heterocycles. The molecule has 26 heavy (non-hydrogen) atoms. The van der Waals surface area contributed by atoms with Crippen LogP contribution in [-0.2, 0) is 17.8 Å². The Morgan fingerprint density at radius 2 is 2.04 bits per heavy atom. The van der Waals surface area contributed by atoms with Crippen molar-refractivity contribution in [3.05, 3.63) is 41.2 Å². The van der Waals surface area contributed by atoms with Gasteiger partial charge in [0.2, 0.25) is 5.91 Å². The van der Waals surface area contributed by atoms with Gasteiger partial charge in [0.15, 0.2) is 5.16 Å². The molecule has 3 rings (SSSR count). The first-order chi connectivity index (χ1) is 12.4. The van der Waals surface area contributed by atoms with Crippen LogP contribution in [0.15, 0.2) is 29.4 Å². The zero-order chi connectivity index (χ0) is 18.8. The number of anilines is 1. The van der Waals surface area contributed by atoms with Gasteiger partial charge < -0.3 is 9.47 Å². The molecular weight excluding hydrogens is 342 g/mol. The van der Waals surface area contributed by atoms with E-state index in [2.05, 4.69) is 50.5 Å². The van der Waals surface area contributed by atoms with Crippen molar-refractivity contribution in [3.8, 4) is 0 Å². The molecule has 2 heterocycles. The quantitative estimate of drug-likeness (QED) is 0.720. The zero-order valence-corrected chi connectivity index (χ0v) is 17.3. The number of aromatic nitrogens is 2. The second-order valence-electron chi connectivity index (χ2n) is 7.64. The highest BCUT2D eigenvalue weighted by atomic mass is 32.2. The van der Waals surface area contributed by atoms with Crippen molar-refractivity contribution in [2.24, 2.45) is 5.92 Å². The maximum atomic E-state index is 13.0. The monoisotopic (exact) mass is 371 g/mol.